The second-order valence-electron chi connectivity index (χ2n) is 5.49. The van der Waals surface area contributed by atoms with Gasteiger partial charge in [-0.05, 0) is 24.5 Å². The van der Waals surface area contributed by atoms with Crippen molar-refractivity contribution in [3.05, 3.63) is 34.9 Å². The summed E-state index contributed by atoms with van der Waals surface area (Å²) in [6.07, 6.45) is 1.76. The van der Waals surface area contributed by atoms with E-state index in [0.29, 0.717) is 24.7 Å². The number of carbonyl (C=O) groups excluding carboxylic acids is 2. The Balaban J connectivity index is 1.79. The molecule has 0 saturated carbocycles. The summed E-state index contributed by atoms with van der Waals surface area (Å²) >= 11 is 6.05. The predicted molar refractivity (Wildman–Crippen MR) is 80.8 cm³/mol. The number of hydrogen-bond donors (Lipinski definition) is 3. The molecule has 0 radical (unpaired) electrons. The average molecular weight is 311 g/mol. The highest BCUT2D eigenvalue weighted by Gasteiger charge is 2.28. The molecule has 4 N–H and O–H groups in total. The molecule has 21 heavy (non-hydrogen) atoms. The fourth-order valence-electron chi connectivity index (χ4n) is 2.68. The van der Waals surface area contributed by atoms with Gasteiger partial charge in [0.25, 0.3) is 5.91 Å². The van der Waals surface area contributed by atoms with Crippen molar-refractivity contribution in [2.75, 3.05) is 19.6 Å². The highest BCUT2D eigenvalue weighted by molar-refractivity contribution is 6.31. The van der Waals surface area contributed by atoms with Crippen LogP contribution in [0, 0.1) is 5.92 Å². The number of halogens is 1. The number of nitrogens with one attached hydrogen (secondary N) is 2. The molecule has 5 nitrogen and oxygen atoms in total. The minimum Gasteiger partial charge on any atom is -0.369 e. The van der Waals surface area contributed by atoms with Gasteiger partial charge in [-0.1, -0.05) is 29.8 Å². The molecule has 2 amide bonds. The Morgan fingerprint density at radius 2 is 2.14 bits per heavy atom. The first kappa shape index (κ1) is 15.8. The van der Waals surface area contributed by atoms with Crippen LogP contribution in [0.3, 0.4) is 0 Å². The van der Waals surface area contributed by atoms with Crippen molar-refractivity contribution in [3.8, 4) is 0 Å². The van der Waals surface area contributed by atoms with E-state index in [1.807, 2.05) is 18.2 Å². The van der Waals surface area contributed by atoms with Crippen molar-refractivity contribution in [3.63, 3.8) is 0 Å². The molecule has 0 bridgehead atoms. The smallest absolute Gasteiger partial charge is 0.275 e. The molecule has 1 fully saturated rings. The lowest BCUT2D eigenvalue weighted by molar-refractivity contribution is -0.899. The lowest BCUT2D eigenvalue weighted by Crippen LogP contribution is -3.14. The van der Waals surface area contributed by atoms with E-state index in [1.54, 1.807) is 6.07 Å². The Bertz CT molecular complexity index is 521. The Kier molecular flexibility index (Phi) is 5.59. The Morgan fingerprint density at radius 3 is 2.86 bits per heavy atom. The fourth-order valence-corrected chi connectivity index (χ4v) is 2.88. The monoisotopic (exact) mass is 310 g/mol. The highest BCUT2D eigenvalue weighted by atomic mass is 35.5. The summed E-state index contributed by atoms with van der Waals surface area (Å²) in [4.78, 5) is 24.3. The number of rotatable bonds is 5. The van der Waals surface area contributed by atoms with Crippen molar-refractivity contribution < 1.29 is 14.5 Å². The molecular weight excluding hydrogens is 290 g/mol. The molecule has 0 aliphatic carbocycles. The molecule has 0 aromatic heterocycles. The molecule has 6 heteroatoms. The Morgan fingerprint density at radius 1 is 1.38 bits per heavy atom. The van der Waals surface area contributed by atoms with Crippen molar-refractivity contribution in [2.24, 2.45) is 11.7 Å². The molecule has 1 unspecified atom stereocenters. The van der Waals surface area contributed by atoms with Gasteiger partial charge >= 0.3 is 0 Å². The lowest BCUT2D eigenvalue weighted by atomic mass is 9.97. The van der Waals surface area contributed by atoms with E-state index in [9.17, 15) is 9.59 Å². The van der Waals surface area contributed by atoms with Gasteiger partial charge in [0.05, 0.1) is 19.0 Å². The lowest BCUT2D eigenvalue weighted by Gasteiger charge is -2.27. The first-order valence-corrected chi connectivity index (χ1v) is 7.57. The molecule has 1 aliphatic rings. The quantitative estimate of drug-likeness (QED) is 0.700. The van der Waals surface area contributed by atoms with Gasteiger partial charge < -0.3 is 16.0 Å². The van der Waals surface area contributed by atoms with Crippen LogP contribution < -0.4 is 16.0 Å². The molecule has 1 aromatic carbocycles. The maximum atomic E-state index is 12.0. The summed E-state index contributed by atoms with van der Waals surface area (Å²) < 4.78 is 0. The second kappa shape index (κ2) is 7.43. The minimum absolute atomic E-state index is 0.0324. The van der Waals surface area contributed by atoms with Gasteiger partial charge in [-0.15, -0.1) is 0 Å². The maximum absolute atomic E-state index is 12.0. The number of benzene rings is 1. The second-order valence-corrected chi connectivity index (χ2v) is 5.90. The van der Waals surface area contributed by atoms with Gasteiger partial charge in [0.15, 0.2) is 6.54 Å². The molecule has 1 heterocycles. The molecule has 2 rings (SSSR count). The number of piperidine rings is 1. The average Bonchev–Trinajstić information content (AvgIpc) is 2.46. The van der Waals surface area contributed by atoms with Crippen LogP contribution in [-0.4, -0.2) is 31.4 Å². The standard InChI is InChI=1S/C15H20ClN3O2/c16-13-6-2-1-4-11(13)8-18-14(20)10-19-7-3-5-12(9-19)15(17)21/h1-2,4,6,12H,3,5,7-10H2,(H2,17,21)(H,18,20)/p+1/t12-/m1/s1. The molecule has 1 aromatic rings. The van der Waals surface area contributed by atoms with Gasteiger partial charge in [-0.2, -0.15) is 0 Å². The van der Waals surface area contributed by atoms with Crippen LogP contribution in [0.2, 0.25) is 5.02 Å². The summed E-state index contributed by atoms with van der Waals surface area (Å²) in [5.41, 5.74) is 6.24. The molecule has 1 aliphatic heterocycles. The number of carbonyl (C=O) groups is 2. The van der Waals surface area contributed by atoms with Crippen molar-refractivity contribution >= 4 is 23.4 Å². The van der Waals surface area contributed by atoms with Crippen LogP contribution in [-0.2, 0) is 16.1 Å². The van der Waals surface area contributed by atoms with Crippen LogP contribution in [0.15, 0.2) is 24.3 Å². The van der Waals surface area contributed by atoms with E-state index >= 15 is 0 Å². The summed E-state index contributed by atoms with van der Waals surface area (Å²) in [7, 11) is 0. The molecular formula is C15H21ClN3O2+. The summed E-state index contributed by atoms with van der Waals surface area (Å²) in [5, 5.41) is 3.52. The predicted octanol–water partition coefficient (Wildman–Crippen LogP) is -0.264. The van der Waals surface area contributed by atoms with Crippen molar-refractivity contribution in [2.45, 2.75) is 19.4 Å². The summed E-state index contributed by atoms with van der Waals surface area (Å²) in [6.45, 7) is 2.34. The number of primary amides is 1. The molecule has 0 spiro atoms. The number of nitrogens with two attached hydrogens (primary N) is 1. The van der Waals surface area contributed by atoms with Gasteiger partial charge in [0, 0.05) is 11.6 Å². The first-order chi connectivity index (χ1) is 10.1. The summed E-state index contributed by atoms with van der Waals surface area (Å²) in [5.74, 6) is -0.399. The van der Waals surface area contributed by atoms with Gasteiger partial charge in [-0.25, -0.2) is 0 Å². The Labute approximate surface area is 129 Å². The fraction of sp³-hybridized carbons (Fsp3) is 0.467. The minimum atomic E-state index is -0.260. The zero-order valence-electron chi connectivity index (χ0n) is 11.9. The molecule has 2 atom stereocenters. The third kappa shape index (κ3) is 4.72. The maximum Gasteiger partial charge on any atom is 0.275 e. The number of amides is 2. The van der Waals surface area contributed by atoms with Crippen LogP contribution in [0.5, 0.6) is 0 Å². The molecule has 1 saturated heterocycles. The van der Waals surface area contributed by atoms with Crippen LogP contribution in [0.4, 0.5) is 0 Å². The van der Waals surface area contributed by atoms with Gasteiger partial charge in [-0.3, -0.25) is 9.59 Å². The zero-order valence-corrected chi connectivity index (χ0v) is 12.7. The Hall–Kier alpha value is -1.59. The number of likely N-dealkylation sites (tertiary alicyclic amines) is 1. The summed E-state index contributed by atoms with van der Waals surface area (Å²) in [6, 6.07) is 7.44. The van der Waals surface area contributed by atoms with Gasteiger partial charge in [0.2, 0.25) is 5.91 Å². The largest absolute Gasteiger partial charge is 0.369 e. The number of hydrogen-bond acceptors (Lipinski definition) is 2. The van der Waals surface area contributed by atoms with E-state index in [4.69, 9.17) is 17.3 Å². The van der Waals surface area contributed by atoms with Crippen LogP contribution in [0.1, 0.15) is 18.4 Å². The van der Waals surface area contributed by atoms with E-state index < -0.39 is 0 Å². The van der Waals surface area contributed by atoms with Crippen LogP contribution in [0.25, 0.3) is 0 Å². The molecule has 114 valence electrons. The van der Waals surface area contributed by atoms with Gasteiger partial charge in [0.1, 0.15) is 0 Å². The van der Waals surface area contributed by atoms with E-state index in [-0.39, 0.29) is 17.7 Å². The zero-order chi connectivity index (χ0) is 15.2. The normalized spacial score (nSPS) is 21.8. The third-order valence-corrected chi connectivity index (χ3v) is 4.23. The van der Waals surface area contributed by atoms with E-state index in [2.05, 4.69) is 5.32 Å². The van der Waals surface area contributed by atoms with Crippen LogP contribution >= 0.6 is 11.6 Å². The topological polar surface area (TPSA) is 76.6 Å². The first-order valence-electron chi connectivity index (χ1n) is 7.19. The number of quaternary nitrogens is 1. The highest BCUT2D eigenvalue weighted by Crippen LogP contribution is 2.14. The van der Waals surface area contributed by atoms with E-state index in [0.717, 1.165) is 29.8 Å². The van der Waals surface area contributed by atoms with Crippen molar-refractivity contribution in [1.29, 1.82) is 0 Å². The van der Waals surface area contributed by atoms with E-state index in [1.165, 1.54) is 0 Å². The third-order valence-electron chi connectivity index (χ3n) is 3.86. The van der Waals surface area contributed by atoms with Crippen molar-refractivity contribution in [1.82, 2.24) is 5.32 Å². The SMILES string of the molecule is NC(=O)[C@@H]1CCC[NH+](CC(=O)NCc2ccccc2Cl)C1.